The van der Waals surface area contributed by atoms with Crippen LogP contribution in [0.1, 0.15) is 24.0 Å². The van der Waals surface area contributed by atoms with Gasteiger partial charge in [0.25, 0.3) is 10.1 Å². The second-order valence-electron chi connectivity index (χ2n) is 6.88. The maximum Gasteiger partial charge on any atom is 0.297 e. The Morgan fingerprint density at radius 1 is 1.17 bits per heavy atom. The lowest BCUT2D eigenvalue weighted by molar-refractivity contribution is -0.119. The number of ether oxygens (including phenoxy) is 1. The molecule has 3 rings (SSSR count). The van der Waals surface area contributed by atoms with Gasteiger partial charge in [0.05, 0.1) is 24.7 Å². The molecule has 0 spiro atoms. The molecule has 1 unspecified atom stereocenters. The second kappa shape index (κ2) is 8.89. The van der Waals surface area contributed by atoms with Crippen molar-refractivity contribution in [2.24, 2.45) is 0 Å². The molecule has 1 aromatic carbocycles. The van der Waals surface area contributed by atoms with Crippen LogP contribution in [0.25, 0.3) is 0 Å². The van der Waals surface area contributed by atoms with Crippen molar-refractivity contribution < 1.29 is 27.2 Å². The number of hydrogen-bond acceptors (Lipinski definition) is 7. The lowest BCUT2D eigenvalue weighted by atomic mass is 10.0. The van der Waals surface area contributed by atoms with Gasteiger partial charge in [-0.2, -0.15) is 13.4 Å². The monoisotopic (exact) mass is 420 g/mol. The molecule has 0 radical (unpaired) electrons. The Balaban J connectivity index is 1.60. The predicted octanol–water partition coefficient (Wildman–Crippen LogP) is 1.83. The number of carbonyl (C=O) groups excluding carboxylic acids is 1. The van der Waals surface area contributed by atoms with Gasteiger partial charge in [0.15, 0.2) is 0 Å². The quantitative estimate of drug-likeness (QED) is 0.650. The lowest BCUT2D eigenvalue weighted by Crippen LogP contribution is -2.38. The molecule has 0 bridgehead atoms. The number of aryl methyl sites for hydroxylation is 2. The van der Waals surface area contributed by atoms with E-state index in [4.69, 9.17) is 8.92 Å². The number of nitrogens with zero attached hydrogens (tertiary/aromatic N) is 2. The molecule has 1 aliphatic rings. The Hall–Kier alpha value is -2.49. The van der Waals surface area contributed by atoms with E-state index in [0.717, 1.165) is 11.1 Å². The van der Waals surface area contributed by atoms with Crippen molar-refractivity contribution in [1.29, 1.82) is 0 Å². The molecule has 1 amide bonds. The van der Waals surface area contributed by atoms with Crippen molar-refractivity contribution >= 4 is 21.8 Å². The van der Waals surface area contributed by atoms with E-state index in [1.165, 1.54) is 24.1 Å². The zero-order valence-corrected chi connectivity index (χ0v) is 17.2. The molecular weight excluding hydrogens is 396 g/mol. The summed E-state index contributed by atoms with van der Waals surface area (Å²) in [4.78, 5) is 18.2. The molecule has 1 aliphatic heterocycles. The Labute approximate surface area is 170 Å². The highest BCUT2D eigenvalue weighted by Gasteiger charge is 2.27. The smallest absolute Gasteiger partial charge is 0.297 e. The van der Waals surface area contributed by atoms with Gasteiger partial charge < -0.3 is 9.84 Å². The van der Waals surface area contributed by atoms with Gasteiger partial charge in [-0.25, -0.2) is 0 Å². The van der Waals surface area contributed by atoms with Crippen molar-refractivity contribution in [2.75, 3.05) is 25.2 Å². The molecular formula is C20H24N2O6S. The summed E-state index contributed by atoms with van der Waals surface area (Å²) in [5.74, 6) is 0.816. The van der Waals surface area contributed by atoms with Crippen LogP contribution in [0.2, 0.25) is 0 Å². The fourth-order valence-corrected chi connectivity index (χ4v) is 3.97. The van der Waals surface area contributed by atoms with Crippen molar-refractivity contribution in [2.45, 2.75) is 37.2 Å². The first kappa shape index (κ1) is 21.2. The minimum atomic E-state index is -3.95. The van der Waals surface area contributed by atoms with Crippen LogP contribution in [0.15, 0.2) is 41.3 Å². The zero-order chi connectivity index (χ0) is 21.0. The lowest BCUT2D eigenvalue weighted by Gasteiger charge is -2.29. The Bertz CT molecular complexity index is 975. The van der Waals surface area contributed by atoms with Gasteiger partial charge in [-0.15, -0.1) is 0 Å². The third kappa shape index (κ3) is 5.11. The van der Waals surface area contributed by atoms with Gasteiger partial charge in [0, 0.05) is 19.0 Å². The number of methoxy groups -OCH3 is 1. The van der Waals surface area contributed by atoms with Crippen LogP contribution in [0.5, 0.6) is 5.88 Å². The molecule has 29 heavy (non-hydrogen) atoms. The van der Waals surface area contributed by atoms with Gasteiger partial charge in [-0.1, -0.05) is 17.7 Å². The highest BCUT2D eigenvalue weighted by atomic mass is 32.2. The van der Waals surface area contributed by atoms with E-state index in [0.29, 0.717) is 24.5 Å². The molecule has 2 heterocycles. The van der Waals surface area contributed by atoms with E-state index in [9.17, 15) is 18.3 Å². The number of benzene rings is 1. The fourth-order valence-electron chi connectivity index (χ4n) is 3.03. The molecule has 0 aliphatic carbocycles. The summed E-state index contributed by atoms with van der Waals surface area (Å²) >= 11 is 0. The van der Waals surface area contributed by atoms with E-state index in [1.54, 1.807) is 18.2 Å². The molecule has 156 valence electrons. The molecule has 0 saturated carbocycles. The number of anilines is 1. The Morgan fingerprint density at radius 2 is 1.90 bits per heavy atom. The summed E-state index contributed by atoms with van der Waals surface area (Å²) in [5.41, 5.74) is 1.86. The average molecular weight is 420 g/mol. The number of aromatic nitrogens is 1. The molecule has 1 aromatic heterocycles. The van der Waals surface area contributed by atoms with Gasteiger partial charge in [0.1, 0.15) is 5.82 Å². The minimum absolute atomic E-state index is 0.0340. The molecule has 9 heteroatoms. The van der Waals surface area contributed by atoms with Crippen LogP contribution in [0.3, 0.4) is 0 Å². The van der Waals surface area contributed by atoms with Crippen molar-refractivity contribution in [3.8, 4) is 5.88 Å². The average Bonchev–Trinajstić information content (AvgIpc) is 2.71. The highest BCUT2D eigenvalue weighted by molar-refractivity contribution is 7.86. The van der Waals surface area contributed by atoms with Crippen molar-refractivity contribution in [3.63, 3.8) is 0 Å². The standard InChI is InChI=1S/C20H24N2O6S/c1-14-3-7-17(8-4-14)29(25,26)28-13-16(23)11-12-22-19(24)10-6-15-5-9-18(27-2)21-20(15)22/h3-5,7-9,16,23H,6,10-13H2,1-2H3. The summed E-state index contributed by atoms with van der Waals surface area (Å²) in [5, 5.41) is 10.2. The van der Waals surface area contributed by atoms with Crippen LogP contribution >= 0.6 is 0 Å². The summed E-state index contributed by atoms with van der Waals surface area (Å²) in [6.45, 7) is 1.66. The van der Waals surface area contributed by atoms with E-state index >= 15 is 0 Å². The number of amides is 1. The first-order chi connectivity index (χ1) is 13.8. The minimum Gasteiger partial charge on any atom is -0.481 e. The SMILES string of the molecule is COc1ccc2c(n1)N(CCC(O)COS(=O)(=O)c1ccc(C)cc1)C(=O)CC2. The topological polar surface area (TPSA) is 106 Å². The van der Waals surface area contributed by atoms with E-state index in [2.05, 4.69) is 4.98 Å². The predicted molar refractivity (Wildman–Crippen MR) is 106 cm³/mol. The van der Waals surface area contributed by atoms with Crippen LogP contribution in [-0.4, -0.2) is 50.8 Å². The maximum atomic E-state index is 12.3. The van der Waals surface area contributed by atoms with Crippen LogP contribution in [0, 0.1) is 6.92 Å². The summed E-state index contributed by atoms with van der Waals surface area (Å²) in [7, 11) is -2.45. The number of aliphatic hydroxyl groups excluding tert-OH is 1. The number of hydrogen-bond donors (Lipinski definition) is 1. The highest BCUT2D eigenvalue weighted by Crippen LogP contribution is 2.28. The largest absolute Gasteiger partial charge is 0.481 e. The first-order valence-corrected chi connectivity index (χ1v) is 10.7. The number of fused-ring (bicyclic) bond motifs is 1. The van der Waals surface area contributed by atoms with E-state index in [1.807, 2.05) is 13.0 Å². The van der Waals surface area contributed by atoms with Gasteiger partial charge in [-0.3, -0.25) is 13.9 Å². The van der Waals surface area contributed by atoms with Gasteiger partial charge >= 0.3 is 0 Å². The number of pyridine rings is 1. The number of rotatable bonds is 8. The maximum absolute atomic E-state index is 12.3. The molecule has 0 fully saturated rings. The Morgan fingerprint density at radius 3 is 2.59 bits per heavy atom. The first-order valence-electron chi connectivity index (χ1n) is 9.28. The van der Waals surface area contributed by atoms with Crippen LogP contribution in [-0.2, 0) is 25.5 Å². The Kier molecular flexibility index (Phi) is 6.51. The zero-order valence-electron chi connectivity index (χ0n) is 16.4. The number of aliphatic hydroxyl groups is 1. The third-order valence-electron chi connectivity index (χ3n) is 4.72. The molecule has 1 atom stereocenters. The molecule has 8 nitrogen and oxygen atoms in total. The summed E-state index contributed by atoms with van der Waals surface area (Å²) in [6, 6.07) is 9.87. The van der Waals surface area contributed by atoms with Crippen LogP contribution in [0.4, 0.5) is 5.82 Å². The van der Waals surface area contributed by atoms with E-state index in [-0.39, 0.29) is 23.8 Å². The van der Waals surface area contributed by atoms with Gasteiger partial charge in [0.2, 0.25) is 11.8 Å². The fraction of sp³-hybridized carbons (Fsp3) is 0.400. The normalized spacial score (nSPS) is 15.1. The third-order valence-corrected chi connectivity index (χ3v) is 6.01. The summed E-state index contributed by atoms with van der Waals surface area (Å²) in [6.07, 6.45) is 0.0457. The second-order valence-corrected chi connectivity index (χ2v) is 8.49. The molecule has 2 aromatic rings. The molecule has 1 N–H and O–H groups in total. The number of carbonyl (C=O) groups is 1. The van der Waals surface area contributed by atoms with E-state index < -0.39 is 22.8 Å². The molecule has 0 saturated heterocycles. The van der Waals surface area contributed by atoms with Gasteiger partial charge in [-0.05, 0) is 43.5 Å². The van der Waals surface area contributed by atoms with Crippen molar-refractivity contribution in [1.82, 2.24) is 4.98 Å². The van der Waals surface area contributed by atoms with Crippen LogP contribution < -0.4 is 9.64 Å². The van der Waals surface area contributed by atoms with Crippen molar-refractivity contribution in [3.05, 3.63) is 47.5 Å². The summed E-state index contributed by atoms with van der Waals surface area (Å²) < 4.78 is 34.5.